The Morgan fingerprint density at radius 1 is 1.28 bits per heavy atom. The lowest BCUT2D eigenvalue weighted by Crippen LogP contribution is -2.56. The van der Waals surface area contributed by atoms with Gasteiger partial charge < -0.3 is 15.4 Å². The van der Waals surface area contributed by atoms with E-state index in [1.165, 1.54) is 0 Å². The van der Waals surface area contributed by atoms with Crippen LogP contribution in [0.15, 0.2) is 11.3 Å². The first-order valence-electron chi connectivity index (χ1n) is 6.03. The van der Waals surface area contributed by atoms with Gasteiger partial charge in [0.1, 0.15) is 11.6 Å². The number of ketones is 2. The van der Waals surface area contributed by atoms with Gasteiger partial charge >= 0.3 is 0 Å². The third-order valence-corrected chi connectivity index (χ3v) is 3.42. The van der Waals surface area contributed by atoms with Gasteiger partial charge in [0.25, 0.3) is 0 Å². The van der Waals surface area contributed by atoms with Crippen LogP contribution in [0.25, 0.3) is 0 Å². The summed E-state index contributed by atoms with van der Waals surface area (Å²) in [5.74, 6) is 0.247. The Labute approximate surface area is 113 Å². The van der Waals surface area contributed by atoms with Gasteiger partial charge in [0.05, 0.1) is 5.54 Å². The molecular formula is C13H20N2O2S. The van der Waals surface area contributed by atoms with Crippen LogP contribution in [0.5, 0.6) is 0 Å². The van der Waals surface area contributed by atoms with Gasteiger partial charge in [0, 0.05) is 18.5 Å². The summed E-state index contributed by atoms with van der Waals surface area (Å²) in [6.45, 7) is 7.05. The molecule has 0 fully saturated rings. The average Bonchev–Trinajstić information content (AvgIpc) is 2.20. The highest BCUT2D eigenvalue weighted by molar-refractivity contribution is 7.80. The maximum atomic E-state index is 11.4. The average molecular weight is 268 g/mol. The second kappa shape index (κ2) is 5.61. The van der Waals surface area contributed by atoms with Crippen LogP contribution in [-0.4, -0.2) is 22.2 Å². The zero-order chi connectivity index (χ0) is 13.9. The third kappa shape index (κ3) is 3.63. The van der Waals surface area contributed by atoms with Gasteiger partial charge in [0.15, 0.2) is 5.11 Å². The molecule has 4 nitrogen and oxygen atoms in total. The van der Waals surface area contributed by atoms with E-state index < -0.39 is 5.54 Å². The fraction of sp³-hybridized carbons (Fsp3) is 0.615. The van der Waals surface area contributed by atoms with Crippen LogP contribution in [0.3, 0.4) is 0 Å². The van der Waals surface area contributed by atoms with E-state index in [1.54, 1.807) is 13.8 Å². The number of nitrogens with one attached hydrogen (secondary N) is 2. The monoisotopic (exact) mass is 268 g/mol. The summed E-state index contributed by atoms with van der Waals surface area (Å²) in [4.78, 5) is 22.5. The standard InChI is InChI=1S/C13H20N2O2S/c1-8(16)5-6-13(4)11(7-9(2)17)10(3)14-12(18)15-13/h5-7H2,1-4H3,(H2,14,15,18). The number of hydrogen-bond donors (Lipinski definition) is 2. The quantitative estimate of drug-likeness (QED) is 0.745. The second-order valence-corrected chi connectivity index (χ2v) is 5.50. The number of hydrogen-bond acceptors (Lipinski definition) is 3. The summed E-state index contributed by atoms with van der Waals surface area (Å²) in [6.07, 6.45) is 1.49. The number of rotatable bonds is 5. The van der Waals surface area contributed by atoms with Crippen molar-refractivity contribution in [3.63, 3.8) is 0 Å². The molecule has 1 aliphatic rings. The topological polar surface area (TPSA) is 58.2 Å². The first-order chi connectivity index (χ1) is 8.24. The van der Waals surface area contributed by atoms with Crippen molar-refractivity contribution in [1.29, 1.82) is 0 Å². The van der Waals surface area contributed by atoms with Gasteiger partial charge in [-0.15, -0.1) is 0 Å². The van der Waals surface area contributed by atoms with Crippen molar-refractivity contribution in [2.24, 2.45) is 0 Å². The summed E-state index contributed by atoms with van der Waals surface area (Å²) >= 11 is 5.15. The summed E-state index contributed by atoms with van der Waals surface area (Å²) in [6, 6.07) is 0. The minimum atomic E-state index is -0.413. The predicted molar refractivity (Wildman–Crippen MR) is 75.2 cm³/mol. The van der Waals surface area contributed by atoms with Gasteiger partial charge in [-0.25, -0.2) is 0 Å². The minimum Gasteiger partial charge on any atom is -0.353 e. The van der Waals surface area contributed by atoms with E-state index in [9.17, 15) is 9.59 Å². The number of allylic oxidation sites excluding steroid dienone is 1. The fourth-order valence-electron chi connectivity index (χ4n) is 2.23. The Morgan fingerprint density at radius 3 is 2.39 bits per heavy atom. The molecule has 0 spiro atoms. The maximum absolute atomic E-state index is 11.4. The van der Waals surface area contributed by atoms with Crippen molar-refractivity contribution < 1.29 is 9.59 Å². The molecular weight excluding hydrogens is 248 g/mol. The van der Waals surface area contributed by atoms with Crippen LogP contribution in [0, 0.1) is 0 Å². The van der Waals surface area contributed by atoms with Crippen molar-refractivity contribution in [2.45, 2.75) is 52.5 Å². The van der Waals surface area contributed by atoms with Crippen LogP contribution in [-0.2, 0) is 9.59 Å². The molecule has 0 aromatic carbocycles. The SMILES string of the molecule is CC(=O)CCC1(C)NC(=S)NC(C)=C1CC(C)=O. The minimum absolute atomic E-state index is 0.106. The van der Waals surface area contributed by atoms with Crippen molar-refractivity contribution in [3.8, 4) is 0 Å². The second-order valence-electron chi connectivity index (χ2n) is 5.10. The van der Waals surface area contributed by atoms with Crippen LogP contribution >= 0.6 is 12.2 Å². The lowest BCUT2D eigenvalue weighted by molar-refractivity contribution is -0.117. The molecule has 1 aliphatic heterocycles. The predicted octanol–water partition coefficient (Wildman–Crippen LogP) is 1.85. The normalized spacial score (nSPS) is 23.4. The Hall–Kier alpha value is -1.23. The van der Waals surface area contributed by atoms with E-state index in [1.807, 2.05) is 13.8 Å². The van der Waals surface area contributed by atoms with E-state index in [2.05, 4.69) is 10.6 Å². The molecule has 0 aliphatic carbocycles. The van der Waals surface area contributed by atoms with Crippen LogP contribution < -0.4 is 10.6 Å². The molecule has 0 radical (unpaired) electrons. The first kappa shape index (κ1) is 14.8. The summed E-state index contributed by atoms with van der Waals surface area (Å²) < 4.78 is 0. The molecule has 1 heterocycles. The van der Waals surface area contributed by atoms with E-state index in [-0.39, 0.29) is 11.6 Å². The molecule has 0 saturated carbocycles. The molecule has 0 amide bonds. The van der Waals surface area contributed by atoms with Crippen molar-refractivity contribution >= 4 is 28.9 Å². The number of Topliss-reactive ketones (excluding diaryl/α,β-unsaturated/α-hetero) is 2. The maximum Gasteiger partial charge on any atom is 0.171 e. The largest absolute Gasteiger partial charge is 0.353 e. The van der Waals surface area contributed by atoms with Crippen molar-refractivity contribution in [2.75, 3.05) is 0 Å². The van der Waals surface area contributed by atoms with Crippen LogP contribution in [0.2, 0.25) is 0 Å². The molecule has 1 rings (SSSR count). The highest BCUT2D eigenvalue weighted by Gasteiger charge is 2.35. The van der Waals surface area contributed by atoms with Gasteiger partial charge in [-0.1, -0.05) is 0 Å². The van der Waals surface area contributed by atoms with E-state index in [0.717, 1.165) is 11.3 Å². The fourth-order valence-corrected chi connectivity index (χ4v) is 2.61. The van der Waals surface area contributed by atoms with Gasteiger partial charge in [0.2, 0.25) is 0 Å². The Balaban J connectivity index is 3.02. The Kier molecular flexibility index (Phi) is 4.62. The Morgan fingerprint density at radius 2 is 1.89 bits per heavy atom. The molecule has 1 atom stereocenters. The zero-order valence-electron chi connectivity index (χ0n) is 11.3. The van der Waals surface area contributed by atoms with Gasteiger partial charge in [-0.3, -0.25) is 4.79 Å². The molecule has 0 saturated heterocycles. The summed E-state index contributed by atoms with van der Waals surface area (Å²) in [5, 5.41) is 6.78. The van der Waals surface area contributed by atoms with Crippen molar-refractivity contribution in [1.82, 2.24) is 10.6 Å². The van der Waals surface area contributed by atoms with Crippen molar-refractivity contribution in [3.05, 3.63) is 11.3 Å². The Bertz CT molecular complexity index is 429. The number of thiocarbonyl (C=S) groups is 1. The highest BCUT2D eigenvalue weighted by Crippen LogP contribution is 2.30. The third-order valence-electron chi connectivity index (χ3n) is 3.21. The molecule has 0 bridgehead atoms. The smallest absolute Gasteiger partial charge is 0.171 e. The molecule has 5 heteroatoms. The highest BCUT2D eigenvalue weighted by atomic mass is 32.1. The lowest BCUT2D eigenvalue weighted by Gasteiger charge is -2.40. The van der Waals surface area contributed by atoms with Crippen LogP contribution in [0.1, 0.15) is 47.0 Å². The molecule has 18 heavy (non-hydrogen) atoms. The number of carbonyl (C=O) groups excluding carboxylic acids is 2. The molecule has 1 unspecified atom stereocenters. The van der Waals surface area contributed by atoms with E-state index in [0.29, 0.717) is 24.4 Å². The zero-order valence-corrected chi connectivity index (χ0v) is 12.2. The molecule has 100 valence electrons. The van der Waals surface area contributed by atoms with Gasteiger partial charge in [-0.05, 0) is 51.9 Å². The van der Waals surface area contributed by atoms with E-state index >= 15 is 0 Å². The molecule has 0 aromatic heterocycles. The number of carbonyl (C=O) groups is 2. The summed E-state index contributed by atoms with van der Waals surface area (Å²) in [7, 11) is 0. The summed E-state index contributed by atoms with van der Waals surface area (Å²) in [5.41, 5.74) is 1.49. The van der Waals surface area contributed by atoms with E-state index in [4.69, 9.17) is 12.2 Å². The first-order valence-corrected chi connectivity index (χ1v) is 6.43. The molecule has 0 aromatic rings. The molecule has 2 N–H and O–H groups in total. The lowest BCUT2D eigenvalue weighted by atomic mass is 9.81. The van der Waals surface area contributed by atoms with Crippen LogP contribution in [0.4, 0.5) is 0 Å². The van der Waals surface area contributed by atoms with Gasteiger partial charge in [-0.2, -0.15) is 0 Å².